The lowest BCUT2D eigenvalue weighted by Gasteiger charge is -2.33. The van der Waals surface area contributed by atoms with Crippen LogP contribution >= 0.6 is 23.2 Å². The zero-order valence-corrected chi connectivity index (χ0v) is 28.8. The van der Waals surface area contributed by atoms with E-state index in [2.05, 4.69) is 5.32 Å². The number of carbonyl (C=O) groups is 2. The molecule has 0 aliphatic heterocycles. The van der Waals surface area contributed by atoms with Crippen molar-refractivity contribution in [1.82, 2.24) is 10.2 Å². The number of amides is 2. The molecule has 0 radical (unpaired) electrons. The molecule has 0 saturated heterocycles. The summed E-state index contributed by atoms with van der Waals surface area (Å²) in [7, 11) is -3.92. The molecular formula is C36H39Cl2N3O5S. The lowest BCUT2D eigenvalue weighted by atomic mass is 10.0. The summed E-state index contributed by atoms with van der Waals surface area (Å²) < 4.78 is 33.1. The molecule has 0 aromatic heterocycles. The van der Waals surface area contributed by atoms with Crippen molar-refractivity contribution in [2.75, 3.05) is 23.7 Å². The molecule has 4 aromatic carbocycles. The van der Waals surface area contributed by atoms with E-state index in [4.69, 9.17) is 27.9 Å². The molecule has 1 N–H and O–H groups in total. The highest BCUT2D eigenvalue weighted by Gasteiger charge is 2.33. The lowest BCUT2D eigenvalue weighted by Crippen LogP contribution is -2.53. The second-order valence-electron chi connectivity index (χ2n) is 11.2. The van der Waals surface area contributed by atoms with Crippen molar-refractivity contribution in [3.63, 3.8) is 0 Å². The maximum atomic E-state index is 14.3. The fraction of sp³-hybridized carbons (Fsp3) is 0.278. The van der Waals surface area contributed by atoms with E-state index in [1.54, 1.807) is 42.5 Å². The molecule has 0 spiro atoms. The topological polar surface area (TPSA) is 96.0 Å². The zero-order valence-electron chi connectivity index (χ0n) is 26.4. The molecule has 0 heterocycles. The van der Waals surface area contributed by atoms with Crippen molar-refractivity contribution >= 4 is 50.7 Å². The highest BCUT2D eigenvalue weighted by atomic mass is 35.5. The highest BCUT2D eigenvalue weighted by molar-refractivity contribution is 7.92. The largest absolute Gasteiger partial charge is 0.489 e. The summed E-state index contributed by atoms with van der Waals surface area (Å²) in [6.07, 6.45) is 2.92. The van der Waals surface area contributed by atoms with Crippen molar-refractivity contribution in [2.24, 2.45) is 0 Å². The van der Waals surface area contributed by atoms with Crippen molar-refractivity contribution in [1.29, 1.82) is 0 Å². The Hall–Kier alpha value is -4.05. The van der Waals surface area contributed by atoms with Gasteiger partial charge in [0.05, 0.1) is 22.0 Å². The highest BCUT2D eigenvalue weighted by Crippen LogP contribution is 2.26. The number of hydrogen-bond donors (Lipinski definition) is 1. The zero-order chi connectivity index (χ0) is 33.8. The predicted octanol–water partition coefficient (Wildman–Crippen LogP) is 6.89. The number of nitrogens with one attached hydrogen (secondary N) is 1. The third kappa shape index (κ3) is 10.7. The van der Waals surface area contributed by atoms with E-state index in [0.717, 1.165) is 34.5 Å². The number of ether oxygens (including phenoxy) is 1. The van der Waals surface area contributed by atoms with E-state index >= 15 is 0 Å². The van der Waals surface area contributed by atoms with E-state index in [9.17, 15) is 18.0 Å². The first-order chi connectivity index (χ1) is 22.5. The van der Waals surface area contributed by atoms with Crippen molar-refractivity contribution in [2.45, 2.75) is 45.4 Å². The van der Waals surface area contributed by atoms with E-state index in [1.807, 2.05) is 67.6 Å². The van der Waals surface area contributed by atoms with Gasteiger partial charge in [-0.1, -0.05) is 103 Å². The molecule has 0 unspecified atom stereocenters. The number of hydrogen-bond acceptors (Lipinski definition) is 5. The molecule has 0 aliphatic rings. The monoisotopic (exact) mass is 695 g/mol. The number of unbranched alkanes of at least 4 members (excludes halogenated alkanes) is 1. The fourth-order valence-electron chi connectivity index (χ4n) is 4.96. The number of sulfonamides is 1. The molecule has 0 bridgehead atoms. The van der Waals surface area contributed by atoms with Gasteiger partial charge in [-0.15, -0.1) is 0 Å². The Morgan fingerprint density at radius 1 is 0.830 bits per heavy atom. The number of rotatable bonds is 16. The van der Waals surface area contributed by atoms with E-state index < -0.39 is 28.5 Å². The summed E-state index contributed by atoms with van der Waals surface area (Å²) in [5.41, 5.74) is 2.76. The van der Waals surface area contributed by atoms with E-state index in [1.165, 1.54) is 4.90 Å². The molecule has 248 valence electrons. The van der Waals surface area contributed by atoms with Crippen LogP contribution in [-0.4, -0.2) is 50.5 Å². The second kappa shape index (κ2) is 17.2. The minimum atomic E-state index is -3.92. The average molecular weight is 697 g/mol. The smallest absolute Gasteiger partial charge is 0.244 e. The molecule has 0 aliphatic carbocycles. The summed E-state index contributed by atoms with van der Waals surface area (Å²) in [4.78, 5) is 29.4. The van der Waals surface area contributed by atoms with Gasteiger partial charge in [-0.3, -0.25) is 13.9 Å². The molecule has 2 amide bonds. The first-order valence-corrected chi connectivity index (χ1v) is 17.9. The van der Waals surface area contributed by atoms with E-state index in [-0.39, 0.29) is 24.6 Å². The summed E-state index contributed by atoms with van der Waals surface area (Å²) in [6, 6.07) is 29.6. The van der Waals surface area contributed by atoms with Crippen LogP contribution in [0.2, 0.25) is 10.0 Å². The molecule has 11 heteroatoms. The molecule has 4 rings (SSSR count). The van der Waals surface area contributed by atoms with Crippen LogP contribution in [-0.2, 0) is 39.2 Å². The summed E-state index contributed by atoms with van der Waals surface area (Å²) >= 11 is 12.5. The Balaban J connectivity index is 1.65. The van der Waals surface area contributed by atoms with Gasteiger partial charge in [0.2, 0.25) is 21.8 Å². The molecule has 0 fully saturated rings. The van der Waals surface area contributed by atoms with Gasteiger partial charge in [-0.05, 0) is 59.5 Å². The van der Waals surface area contributed by atoms with Gasteiger partial charge in [0.1, 0.15) is 24.9 Å². The first-order valence-electron chi connectivity index (χ1n) is 15.3. The number of halogens is 2. The number of nitrogens with zero attached hydrogens (tertiary/aromatic N) is 2. The SMILES string of the molecule is CCCCNC(=O)[C@@H](Cc1ccccc1)N(Cc1ccc(Cl)c(Cl)c1)C(=O)CN(c1ccc(OCc2ccccc2)cc1)S(C)(=O)=O. The molecule has 0 saturated carbocycles. The van der Waals surface area contributed by atoms with Crippen molar-refractivity contribution < 1.29 is 22.7 Å². The standard InChI is InChI=1S/C36H39Cl2N3O5S/c1-3-4-21-39-36(43)34(23-27-11-7-5-8-12-27)40(24-29-15-20-32(37)33(38)22-29)35(42)25-41(47(2,44)45)30-16-18-31(19-17-30)46-26-28-13-9-6-10-14-28/h5-20,22,34H,3-4,21,23-26H2,1-2H3,(H,39,43)/t34-/m1/s1. The number of carbonyl (C=O) groups excluding carboxylic acids is 2. The molecule has 4 aromatic rings. The quantitative estimate of drug-likeness (QED) is 0.129. The second-order valence-corrected chi connectivity index (χ2v) is 13.9. The lowest BCUT2D eigenvalue weighted by molar-refractivity contribution is -0.140. The number of benzene rings is 4. The maximum Gasteiger partial charge on any atom is 0.244 e. The van der Waals surface area contributed by atoms with Crippen molar-refractivity contribution in [3.8, 4) is 5.75 Å². The van der Waals surface area contributed by atoms with Crippen molar-refractivity contribution in [3.05, 3.63) is 130 Å². The summed E-state index contributed by atoms with van der Waals surface area (Å²) in [6.45, 7) is 2.29. The van der Waals surface area contributed by atoms with Crippen LogP contribution in [0, 0.1) is 0 Å². The fourth-order valence-corrected chi connectivity index (χ4v) is 6.13. The Kier molecular flexibility index (Phi) is 13.1. The van der Waals surface area contributed by atoms with Crippen LogP contribution in [0.1, 0.15) is 36.5 Å². The maximum absolute atomic E-state index is 14.3. The van der Waals surface area contributed by atoms with E-state index in [0.29, 0.717) is 34.5 Å². The van der Waals surface area contributed by atoms with Crippen LogP contribution in [0.4, 0.5) is 5.69 Å². The van der Waals surface area contributed by atoms with Gasteiger partial charge in [0.25, 0.3) is 0 Å². The predicted molar refractivity (Wildman–Crippen MR) is 188 cm³/mol. The summed E-state index contributed by atoms with van der Waals surface area (Å²) in [5.74, 6) is -0.343. The minimum Gasteiger partial charge on any atom is -0.489 e. The van der Waals surface area contributed by atoms with Gasteiger partial charge < -0.3 is 15.0 Å². The Labute approximate surface area is 287 Å². The molecule has 8 nitrogen and oxygen atoms in total. The van der Waals surface area contributed by atoms with Crippen LogP contribution < -0.4 is 14.4 Å². The van der Waals surface area contributed by atoms with Crippen LogP contribution in [0.3, 0.4) is 0 Å². The van der Waals surface area contributed by atoms with Crippen LogP contribution in [0.5, 0.6) is 5.75 Å². The van der Waals surface area contributed by atoms with Gasteiger partial charge in [-0.2, -0.15) is 0 Å². The molecular weight excluding hydrogens is 657 g/mol. The Morgan fingerprint density at radius 2 is 1.47 bits per heavy atom. The van der Waals surface area contributed by atoms with Gasteiger partial charge in [0.15, 0.2) is 0 Å². The Morgan fingerprint density at radius 3 is 2.06 bits per heavy atom. The normalized spacial score (nSPS) is 11.8. The van der Waals surface area contributed by atoms with Gasteiger partial charge in [-0.25, -0.2) is 8.42 Å². The Bertz CT molecular complexity index is 1720. The third-order valence-electron chi connectivity index (χ3n) is 7.49. The minimum absolute atomic E-state index is 0.00170. The third-order valence-corrected chi connectivity index (χ3v) is 9.37. The van der Waals surface area contributed by atoms with Crippen LogP contribution in [0.15, 0.2) is 103 Å². The van der Waals surface area contributed by atoms with Crippen LogP contribution in [0.25, 0.3) is 0 Å². The number of anilines is 1. The summed E-state index contributed by atoms with van der Waals surface area (Å²) in [5, 5.41) is 3.62. The van der Waals surface area contributed by atoms with Gasteiger partial charge in [0, 0.05) is 19.5 Å². The average Bonchev–Trinajstić information content (AvgIpc) is 3.06. The molecule has 47 heavy (non-hydrogen) atoms. The molecule has 1 atom stereocenters. The van der Waals surface area contributed by atoms with Gasteiger partial charge >= 0.3 is 0 Å². The first kappa shape index (κ1) is 35.8.